The van der Waals surface area contributed by atoms with Crippen LogP contribution in [0.15, 0.2) is 12.4 Å². The summed E-state index contributed by atoms with van der Waals surface area (Å²) in [4.78, 5) is 10.9. The van der Waals surface area contributed by atoms with Crippen LogP contribution in [0.3, 0.4) is 0 Å². The van der Waals surface area contributed by atoms with Crippen molar-refractivity contribution >= 4 is 5.82 Å². The van der Waals surface area contributed by atoms with Gasteiger partial charge < -0.3 is 10.2 Å². The first-order chi connectivity index (χ1) is 8.67. The zero-order chi connectivity index (χ0) is 13.4. The Labute approximate surface area is 111 Å². The lowest BCUT2D eigenvalue weighted by Crippen LogP contribution is -2.25. The fourth-order valence-electron chi connectivity index (χ4n) is 1.84. The Balaban J connectivity index is 2.33. The van der Waals surface area contributed by atoms with Crippen LogP contribution >= 0.6 is 0 Å². The van der Waals surface area contributed by atoms with Gasteiger partial charge in [-0.25, -0.2) is 9.97 Å². The van der Waals surface area contributed by atoms with Crippen LogP contribution in [0.25, 0.3) is 0 Å². The van der Waals surface area contributed by atoms with Gasteiger partial charge in [0.1, 0.15) is 12.1 Å². The Morgan fingerprint density at radius 3 is 2.56 bits per heavy atom. The maximum absolute atomic E-state index is 4.26. The van der Waals surface area contributed by atoms with E-state index < -0.39 is 0 Å². The molecule has 4 heteroatoms. The molecule has 1 aromatic rings. The zero-order valence-electron chi connectivity index (χ0n) is 12.1. The lowest BCUT2D eigenvalue weighted by molar-refractivity contribution is 0.303. The smallest absolute Gasteiger partial charge is 0.129 e. The van der Waals surface area contributed by atoms with Crippen molar-refractivity contribution in [2.45, 2.75) is 40.0 Å². The predicted octanol–water partition coefficient (Wildman–Crippen LogP) is 2.74. The van der Waals surface area contributed by atoms with Crippen molar-refractivity contribution in [1.82, 2.24) is 14.9 Å². The van der Waals surface area contributed by atoms with Gasteiger partial charge in [0, 0.05) is 18.3 Å². The quantitative estimate of drug-likeness (QED) is 0.720. The molecular formula is C14H26N4. The first kappa shape index (κ1) is 14.9. The largest absolute Gasteiger partial charge is 0.370 e. The predicted molar refractivity (Wildman–Crippen MR) is 77.0 cm³/mol. The highest BCUT2D eigenvalue weighted by molar-refractivity contribution is 5.35. The van der Waals surface area contributed by atoms with Crippen molar-refractivity contribution in [3.8, 4) is 0 Å². The second-order valence-corrected chi connectivity index (χ2v) is 4.79. The number of nitrogens with one attached hydrogen (secondary N) is 1. The summed E-state index contributed by atoms with van der Waals surface area (Å²) in [6.45, 7) is 13.1. The molecule has 0 radical (unpaired) electrons. The van der Waals surface area contributed by atoms with E-state index in [0.717, 1.165) is 44.1 Å². The molecule has 102 valence electrons. The molecule has 18 heavy (non-hydrogen) atoms. The third-order valence-corrected chi connectivity index (χ3v) is 3.13. The zero-order valence-corrected chi connectivity index (χ0v) is 12.1. The van der Waals surface area contributed by atoms with Gasteiger partial charge in [-0.3, -0.25) is 0 Å². The van der Waals surface area contributed by atoms with Crippen LogP contribution < -0.4 is 5.32 Å². The van der Waals surface area contributed by atoms with E-state index >= 15 is 0 Å². The summed E-state index contributed by atoms with van der Waals surface area (Å²) in [5.41, 5.74) is 1.09. The number of hydrogen-bond acceptors (Lipinski definition) is 4. The summed E-state index contributed by atoms with van der Waals surface area (Å²) < 4.78 is 0. The Bertz CT molecular complexity index is 334. The molecule has 0 aliphatic rings. The molecule has 0 saturated heterocycles. The van der Waals surface area contributed by atoms with E-state index in [1.807, 2.05) is 6.07 Å². The SMILES string of the molecule is CCN(CC)CCCNc1cc(C(C)C)ncn1. The molecular weight excluding hydrogens is 224 g/mol. The van der Waals surface area contributed by atoms with Crippen LogP contribution in [-0.4, -0.2) is 41.0 Å². The molecule has 0 amide bonds. The number of nitrogens with zero attached hydrogens (tertiary/aromatic N) is 3. The maximum atomic E-state index is 4.26. The molecule has 1 rings (SSSR count). The Morgan fingerprint density at radius 1 is 1.22 bits per heavy atom. The minimum atomic E-state index is 0.448. The minimum absolute atomic E-state index is 0.448. The van der Waals surface area contributed by atoms with E-state index in [4.69, 9.17) is 0 Å². The summed E-state index contributed by atoms with van der Waals surface area (Å²) >= 11 is 0. The Kier molecular flexibility index (Phi) is 6.65. The van der Waals surface area contributed by atoms with E-state index in [1.165, 1.54) is 0 Å². The average molecular weight is 250 g/mol. The van der Waals surface area contributed by atoms with Crippen molar-refractivity contribution in [2.24, 2.45) is 0 Å². The lowest BCUT2D eigenvalue weighted by Gasteiger charge is -2.17. The molecule has 1 N–H and O–H groups in total. The van der Waals surface area contributed by atoms with Gasteiger partial charge in [-0.15, -0.1) is 0 Å². The average Bonchev–Trinajstić information content (AvgIpc) is 2.39. The maximum Gasteiger partial charge on any atom is 0.129 e. The first-order valence-electron chi connectivity index (χ1n) is 6.95. The van der Waals surface area contributed by atoms with Crippen molar-refractivity contribution < 1.29 is 0 Å². The molecule has 0 bridgehead atoms. The van der Waals surface area contributed by atoms with E-state index in [1.54, 1.807) is 6.33 Å². The van der Waals surface area contributed by atoms with E-state index in [2.05, 4.69) is 47.9 Å². The van der Waals surface area contributed by atoms with Crippen LogP contribution in [0, 0.1) is 0 Å². The number of aromatic nitrogens is 2. The van der Waals surface area contributed by atoms with Crippen LogP contribution in [-0.2, 0) is 0 Å². The third-order valence-electron chi connectivity index (χ3n) is 3.13. The summed E-state index contributed by atoms with van der Waals surface area (Å²) in [5.74, 6) is 1.39. The number of anilines is 1. The summed E-state index contributed by atoms with van der Waals surface area (Å²) in [6.07, 6.45) is 2.78. The number of rotatable bonds is 8. The van der Waals surface area contributed by atoms with Gasteiger partial charge >= 0.3 is 0 Å². The molecule has 0 spiro atoms. The van der Waals surface area contributed by atoms with E-state index in [9.17, 15) is 0 Å². The first-order valence-corrected chi connectivity index (χ1v) is 6.95. The molecule has 0 aromatic carbocycles. The lowest BCUT2D eigenvalue weighted by atomic mass is 10.1. The van der Waals surface area contributed by atoms with E-state index in [0.29, 0.717) is 5.92 Å². The minimum Gasteiger partial charge on any atom is -0.370 e. The fourth-order valence-corrected chi connectivity index (χ4v) is 1.84. The standard InChI is InChI=1S/C14H26N4/c1-5-18(6-2)9-7-8-15-14-10-13(12(3)4)16-11-17-14/h10-12H,5-9H2,1-4H3,(H,15,16,17). The van der Waals surface area contributed by atoms with Gasteiger partial charge in [0.15, 0.2) is 0 Å². The highest BCUT2D eigenvalue weighted by Crippen LogP contribution is 2.13. The molecule has 0 atom stereocenters. The Morgan fingerprint density at radius 2 is 1.94 bits per heavy atom. The van der Waals surface area contributed by atoms with Gasteiger partial charge in [-0.05, 0) is 32.0 Å². The van der Waals surface area contributed by atoms with E-state index in [-0.39, 0.29) is 0 Å². The van der Waals surface area contributed by atoms with Gasteiger partial charge in [-0.1, -0.05) is 27.7 Å². The van der Waals surface area contributed by atoms with Crippen LogP contribution in [0.4, 0.5) is 5.82 Å². The molecule has 0 unspecified atom stereocenters. The van der Waals surface area contributed by atoms with Crippen molar-refractivity contribution in [1.29, 1.82) is 0 Å². The fraction of sp³-hybridized carbons (Fsp3) is 0.714. The highest BCUT2D eigenvalue weighted by atomic mass is 15.1. The second kappa shape index (κ2) is 8.03. The third kappa shape index (κ3) is 5.00. The molecule has 1 aromatic heterocycles. The van der Waals surface area contributed by atoms with Gasteiger partial charge in [-0.2, -0.15) is 0 Å². The normalized spacial score (nSPS) is 11.2. The molecule has 0 aliphatic heterocycles. The Hall–Kier alpha value is -1.16. The topological polar surface area (TPSA) is 41.0 Å². The molecule has 0 fully saturated rings. The van der Waals surface area contributed by atoms with Gasteiger partial charge in [0.2, 0.25) is 0 Å². The monoisotopic (exact) mass is 250 g/mol. The molecule has 0 saturated carbocycles. The number of hydrogen-bond donors (Lipinski definition) is 1. The molecule has 4 nitrogen and oxygen atoms in total. The van der Waals surface area contributed by atoms with Crippen LogP contribution in [0.2, 0.25) is 0 Å². The summed E-state index contributed by atoms with van der Waals surface area (Å²) in [5, 5.41) is 3.37. The van der Waals surface area contributed by atoms with Gasteiger partial charge in [0.05, 0.1) is 0 Å². The summed E-state index contributed by atoms with van der Waals surface area (Å²) in [7, 11) is 0. The molecule has 1 heterocycles. The van der Waals surface area contributed by atoms with Gasteiger partial charge in [0.25, 0.3) is 0 Å². The second-order valence-electron chi connectivity index (χ2n) is 4.79. The van der Waals surface area contributed by atoms with Crippen molar-refractivity contribution in [2.75, 3.05) is 31.5 Å². The molecule has 0 aliphatic carbocycles. The van der Waals surface area contributed by atoms with Crippen LogP contribution in [0.5, 0.6) is 0 Å². The van der Waals surface area contributed by atoms with Crippen molar-refractivity contribution in [3.05, 3.63) is 18.1 Å². The van der Waals surface area contributed by atoms with Crippen LogP contribution in [0.1, 0.15) is 45.7 Å². The summed E-state index contributed by atoms with van der Waals surface area (Å²) in [6, 6.07) is 2.04. The van der Waals surface area contributed by atoms with Crippen molar-refractivity contribution in [3.63, 3.8) is 0 Å². The highest BCUT2D eigenvalue weighted by Gasteiger charge is 2.03.